The molecular weight excluding hydrogens is 512 g/mol. The van der Waals surface area contributed by atoms with E-state index in [9.17, 15) is 9.59 Å². The molecule has 6 nitrogen and oxygen atoms in total. The summed E-state index contributed by atoms with van der Waals surface area (Å²) < 4.78 is 4.10. The Morgan fingerprint density at radius 1 is 0.902 bits per heavy atom. The number of Topliss-reactive ketones (excluding diaryl/α,β-unsaturated/α-hetero) is 1. The second-order valence-electron chi connectivity index (χ2n) is 8.62. The third-order valence-electron chi connectivity index (χ3n) is 5.67. The smallest absolute Gasteiger partial charge is 0.255 e. The summed E-state index contributed by atoms with van der Waals surface area (Å²) in [6, 6.07) is 20.7. The van der Waals surface area contributed by atoms with E-state index >= 15 is 0 Å². The highest BCUT2D eigenvalue weighted by molar-refractivity contribution is 6.05. The molecule has 1 amide bonds. The zero-order chi connectivity index (χ0) is 31.8. The van der Waals surface area contributed by atoms with Gasteiger partial charge in [0, 0.05) is 36.0 Å². The molecule has 0 saturated carbocycles. The van der Waals surface area contributed by atoms with Crippen molar-refractivity contribution >= 4 is 23.1 Å². The number of ketones is 1. The van der Waals surface area contributed by atoms with Gasteiger partial charge in [0.05, 0.1) is 0 Å². The predicted octanol–water partition coefficient (Wildman–Crippen LogP) is 8.94. The van der Waals surface area contributed by atoms with E-state index < -0.39 is 0 Å². The number of nitrogens with one attached hydrogen (secondary N) is 1. The van der Waals surface area contributed by atoms with E-state index in [0.29, 0.717) is 29.3 Å². The predicted molar refractivity (Wildman–Crippen MR) is 176 cm³/mol. The number of carbonyl (C=O) groups is 2. The molecule has 0 spiro atoms. The zero-order valence-electron chi connectivity index (χ0n) is 26.4. The van der Waals surface area contributed by atoms with E-state index in [4.69, 9.17) is 10.8 Å². The summed E-state index contributed by atoms with van der Waals surface area (Å²) in [7, 11) is 1.43. The van der Waals surface area contributed by atoms with Gasteiger partial charge in [0.25, 0.3) is 5.91 Å². The van der Waals surface area contributed by atoms with Crippen LogP contribution in [0.25, 0.3) is 11.1 Å². The van der Waals surface area contributed by atoms with Crippen LogP contribution in [0.2, 0.25) is 0 Å². The normalized spacial score (nSPS) is 9.98. The first-order chi connectivity index (χ1) is 19.8. The summed E-state index contributed by atoms with van der Waals surface area (Å²) in [5.74, 6) is 0.415. The number of nitrogens with two attached hydrogens (primary N) is 1. The molecule has 1 atom stereocenters. The molecule has 6 heteroatoms. The standard InChI is InChI=1S/C27H30N2O2.C2H6O2.2C2H6.C2H4/c1-4-5-18(2)16-26(30)22-10-8-20(9-11-22)21-12-14-24(15-13-21)29-27(31)23-7-6-19(3)25(28)17-23;1-4-2-3;3*1-2/h6-15,17-18H,4-5,16,28H2,1-3H3,(H,29,31);3H,2H2,1H3;2*1-2H3;1-2H2. The summed E-state index contributed by atoms with van der Waals surface area (Å²) in [6.07, 6.45) is 2.77. The highest BCUT2D eigenvalue weighted by atomic mass is 16.6. The van der Waals surface area contributed by atoms with Crippen LogP contribution in [0.3, 0.4) is 0 Å². The van der Waals surface area contributed by atoms with Crippen LogP contribution < -0.4 is 11.1 Å². The Kier molecular flexibility index (Phi) is 23.2. The maximum absolute atomic E-state index is 12.5. The Morgan fingerprint density at radius 3 is 1.80 bits per heavy atom. The Labute approximate surface area is 248 Å². The van der Waals surface area contributed by atoms with Gasteiger partial charge in [-0.05, 0) is 53.8 Å². The third kappa shape index (κ3) is 15.0. The first-order valence-corrected chi connectivity index (χ1v) is 14.3. The van der Waals surface area contributed by atoms with Crippen molar-refractivity contribution < 1.29 is 19.4 Å². The second-order valence-corrected chi connectivity index (χ2v) is 8.62. The zero-order valence-corrected chi connectivity index (χ0v) is 26.4. The van der Waals surface area contributed by atoms with Crippen LogP contribution in [-0.2, 0) is 4.74 Å². The molecule has 1 unspecified atom stereocenters. The molecule has 3 aromatic rings. The van der Waals surface area contributed by atoms with Gasteiger partial charge in [0.15, 0.2) is 5.78 Å². The average molecular weight is 565 g/mol. The van der Waals surface area contributed by atoms with E-state index in [1.54, 1.807) is 12.1 Å². The number of nitrogen functional groups attached to an aromatic ring is 1. The van der Waals surface area contributed by atoms with E-state index in [1.165, 1.54) is 7.11 Å². The molecule has 0 fully saturated rings. The Morgan fingerprint density at radius 2 is 1.37 bits per heavy atom. The highest BCUT2D eigenvalue weighted by Gasteiger charge is 2.11. The lowest BCUT2D eigenvalue weighted by Crippen LogP contribution is -2.12. The molecule has 0 aliphatic carbocycles. The molecule has 0 aliphatic rings. The van der Waals surface area contributed by atoms with Gasteiger partial charge >= 0.3 is 0 Å². The van der Waals surface area contributed by atoms with Crippen molar-refractivity contribution in [2.45, 2.75) is 67.7 Å². The summed E-state index contributed by atoms with van der Waals surface area (Å²) in [5.41, 5.74) is 11.5. The van der Waals surface area contributed by atoms with Gasteiger partial charge in [-0.1, -0.05) is 96.8 Å². The molecule has 3 rings (SSSR count). The number of aliphatic hydroxyl groups excluding tert-OH is 1. The largest absolute Gasteiger partial charge is 0.398 e. The fraction of sp³-hybridized carbons (Fsp3) is 0.371. The lowest BCUT2D eigenvalue weighted by molar-refractivity contribution is 0.0325. The van der Waals surface area contributed by atoms with E-state index in [2.05, 4.69) is 37.1 Å². The maximum Gasteiger partial charge on any atom is 0.255 e. The Hall–Kier alpha value is -3.74. The monoisotopic (exact) mass is 564 g/mol. The summed E-state index contributed by atoms with van der Waals surface area (Å²) in [5, 5.41) is 10.5. The fourth-order valence-electron chi connectivity index (χ4n) is 3.61. The van der Waals surface area contributed by atoms with Gasteiger partial charge in [0.2, 0.25) is 0 Å². The van der Waals surface area contributed by atoms with E-state index in [1.807, 2.05) is 89.2 Å². The molecule has 0 radical (unpaired) electrons. The number of rotatable bonds is 9. The van der Waals surface area contributed by atoms with Crippen molar-refractivity contribution in [3.05, 3.63) is 96.6 Å². The van der Waals surface area contributed by atoms with Gasteiger partial charge in [-0.2, -0.15) is 0 Å². The number of aryl methyl sites for hydroxylation is 1. The van der Waals surface area contributed by atoms with Gasteiger partial charge in [-0.3, -0.25) is 9.59 Å². The van der Waals surface area contributed by atoms with Gasteiger partial charge in [-0.15, -0.1) is 13.2 Å². The molecule has 0 aromatic heterocycles. The number of methoxy groups -OCH3 is 1. The van der Waals surface area contributed by atoms with Gasteiger partial charge in [-0.25, -0.2) is 0 Å². The van der Waals surface area contributed by atoms with Gasteiger partial charge in [0.1, 0.15) is 6.79 Å². The molecule has 3 aromatic carbocycles. The van der Waals surface area contributed by atoms with Crippen LogP contribution in [-0.4, -0.2) is 30.7 Å². The van der Waals surface area contributed by atoms with Crippen molar-refractivity contribution in [1.82, 2.24) is 0 Å². The van der Waals surface area contributed by atoms with Crippen molar-refractivity contribution in [3.8, 4) is 11.1 Å². The van der Waals surface area contributed by atoms with Crippen molar-refractivity contribution in [2.24, 2.45) is 5.92 Å². The van der Waals surface area contributed by atoms with Crippen molar-refractivity contribution in [2.75, 3.05) is 25.0 Å². The minimum Gasteiger partial charge on any atom is -0.398 e. The summed E-state index contributed by atoms with van der Waals surface area (Å²) in [6.45, 7) is 20.0. The molecule has 0 bridgehead atoms. The molecule has 0 saturated heterocycles. The number of hydrogen-bond acceptors (Lipinski definition) is 5. The number of aliphatic hydroxyl groups is 1. The Balaban J connectivity index is 0. The van der Waals surface area contributed by atoms with Crippen LogP contribution in [0.4, 0.5) is 11.4 Å². The first kappa shape index (κ1) is 39.4. The molecule has 4 N–H and O–H groups in total. The lowest BCUT2D eigenvalue weighted by Gasteiger charge is -2.10. The summed E-state index contributed by atoms with van der Waals surface area (Å²) in [4.78, 5) is 24.9. The molecule has 0 heterocycles. The number of benzene rings is 3. The van der Waals surface area contributed by atoms with Crippen LogP contribution in [0.1, 0.15) is 87.1 Å². The second kappa shape index (κ2) is 24.1. The molecular formula is C35H52N2O4. The number of hydrogen-bond donors (Lipinski definition) is 3. The van der Waals surface area contributed by atoms with Crippen molar-refractivity contribution in [1.29, 1.82) is 0 Å². The number of amides is 1. The third-order valence-corrected chi connectivity index (χ3v) is 5.67. The average Bonchev–Trinajstić information content (AvgIpc) is 3.02. The number of carbonyl (C=O) groups excluding carboxylic acids is 2. The van der Waals surface area contributed by atoms with Crippen LogP contribution in [0, 0.1) is 12.8 Å². The van der Waals surface area contributed by atoms with Gasteiger partial charge < -0.3 is 20.9 Å². The molecule has 0 aliphatic heterocycles. The minimum absolute atomic E-state index is 0.181. The van der Waals surface area contributed by atoms with Crippen LogP contribution in [0.15, 0.2) is 79.9 Å². The fourth-order valence-corrected chi connectivity index (χ4v) is 3.61. The maximum atomic E-state index is 12.5. The number of ether oxygens (including phenoxy) is 1. The van der Waals surface area contributed by atoms with E-state index in [0.717, 1.165) is 35.1 Å². The van der Waals surface area contributed by atoms with Crippen LogP contribution >= 0.6 is 0 Å². The van der Waals surface area contributed by atoms with E-state index in [-0.39, 0.29) is 18.5 Å². The molecule has 226 valence electrons. The SMILES string of the molecule is C=C.CC.CC.CCCC(C)CC(=O)c1ccc(-c2ccc(NC(=O)c3ccc(C)c(N)c3)cc2)cc1.COCO. The topological polar surface area (TPSA) is 102 Å². The first-order valence-electron chi connectivity index (χ1n) is 14.3. The summed E-state index contributed by atoms with van der Waals surface area (Å²) >= 11 is 0. The van der Waals surface area contributed by atoms with Crippen molar-refractivity contribution in [3.63, 3.8) is 0 Å². The van der Waals surface area contributed by atoms with Crippen LogP contribution in [0.5, 0.6) is 0 Å². The number of anilines is 2. The highest BCUT2D eigenvalue weighted by Crippen LogP contribution is 2.24. The lowest BCUT2D eigenvalue weighted by atomic mass is 9.95. The minimum atomic E-state index is -0.195. The Bertz CT molecular complexity index is 1110. The molecule has 41 heavy (non-hydrogen) atoms. The quantitative estimate of drug-likeness (QED) is 0.104.